The molecular formula is C13H22O8. The highest BCUT2D eigenvalue weighted by Crippen LogP contribution is 1.98. The molecule has 0 aromatic heterocycles. The molecule has 2 N–H and O–H groups in total. The Morgan fingerprint density at radius 2 is 1.10 bits per heavy atom. The summed E-state index contributed by atoms with van der Waals surface area (Å²) in [6.45, 7) is 3.95. The van der Waals surface area contributed by atoms with Crippen molar-refractivity contribution in [3.63, 3.8) is 0 Å². The van der Waals surface area contributed by atoms with E-state index in [2.05, 4.69) is 9.47 Å². The van der Waals surface area contributed by atoms with E-state index < -0.39 is 23.9 Å². The van der Waals surface area contributed by atoms with Crippen LogP contribution in [0.3, 0.4) is 0 Å². The van der Waals surface area contributed by atoms with E-state index in [-0.39, 0.29) is 32.5 Å². The molecule has 0 fully saturated rings. The van der Waals surface area contributed by atoms with Gasteiger partial charge in [-0.3, -0.25) is 19.2 Å². The number of hydrogen-bond donors (Lipinski definition) is 2. The van der Waals surface area contributed by atoms with Gasteiger partial charge in [-0.2, -0.15) is 0 Å². The Hall–Kier alpha value is -2.12. The SMILES string of the molecule is CCOC(=O)CC(=O)OCC.O=C(O)CCCCC(=O)O. The number of carbonyl (C=O) groups excluding carboxylic acids is 2. The second kappa shape index (κ2) is 14.3. The van der Waals surface area contributed by atoms with Crippen LogP contribution in [-0.2, 0) is 28.7 Å². The van der Waals surface area contributed by atoms with Gasteiger partial charge in [0.2, 0.25) is 0 Å². The zero-order valence-electron chi connectivity index (χ0n) is 12.3. The molecule has 0 heterocycles. The van der Waals surface area contributed by atoms with Gasteiger partial charge in [-0.05, 0) is 26.7 Å². The van der Waals surface area contributed by atoms with Crippen LogP contribution in [0.2, 0.25) is 0 Å². The minimum atomic E-state index is -0.870. The Morgan fingerprint density at radius 3 is 1.33 bits per heavy atom. The quantitative estimate of drug-likeness (QED) is 0.370. The van der Waals surface area contributed by atoms with Gasteiger partial charge in [-0.25, -0.2) is 0 Å². The lowest BCUT2D eigenvalue weighted by Crippen LogP contribution is -2.13. The van der Waals surface area contributed by atoms with Crippen LogP contribution in [0.1, 0.15) is 46.0 Å². The zero-order chi connectivity index (χ0) is 16.7. The summed E-state index contributed by atoms with van der Waals surface area (Å²) in [7, 11) is 0. The average Bonchev–Trinajstić information content (AvgIpc) is 2.35. The fraction of sp³-hybridized carbons (Fsp3) is 0.692. The van der Waals surface area contributed by atoms with E-state index >= 15 is 0 Å². The average molecular weight is 306 g/mol. The lowest BCUT2D eigenvalue weighted by Gasteiger charge is -2.00. The summed E-state index contributed by atoms with van der Waals surface area (Å²) >= 11 is 0. The highest BCUT2D eigenvalue weighted by molar-refractivity contribution is 5.91. The number of carboxylic acid groups (broad SMARTS) is 2. The van der Waals surface area contributed by atoms with E-state index in [1.54, 1.807) is 13.8 Å². The van der Waals surface area contributed by atoms with Crippen molar-refractivity contribution in [3.8, 4) is 0 Å². The van der Waals surface area contributed by atoms with Crippen LogP contribution in [-0.4, -0.2) is 47.3 Å². The lowest BCUT2D eigenvalue weighted by atomic mass is 10.2. The summed E-state index contributed by atoms with van der Waals surface area (Å²) in [5.74, 6) is -2.81. The Kier molecular flexibility index (Phi) is 14.4. The number of carboxylic acids is 2. The van der Waals surface area contributed by atoms with Gasteiger partial charge in [0.1, 0.15) is 6.42 Å². The van der Waals surface area contributed by atoms with Crippen LogP contribution in [0, 0.1) is 0 Å². The molecule has 122 valence electrons. The van der Waals surface area contributed by atoms with Crippen LogP contribution in [0.25, 0.3) is 0 Å². The summed E-state index contributed by atoms with van der Waals surface area (Å²) in [5, 5.41) is 16.3. The molecule has 0 bridgehead atoms. The number of hydrogen-bond acceptors (Lipinski definition) is 6. The van der Waals surface area contributed by atoms with Crippen molar-refractivity contribution in [2.45, 2.75) is 46.0 Å². The molecular weight excluding hydrogens is 284 g/mol. The lowest BCUT2D eigenvalue weighted by molar-refractivity contribution is -0.154. The van der Waals surface area contributed by atoms with Crippen LogP contribution in [0.4, 0.5) is 0 Å². The third kappa shape index (κ3) is 20.4. The first-order valence-corrected chi connectivity index (χ1v) is 6.58. The number of rotatable bonds is 9. The van der Waals surface area contributed by atoms with Crippen molar-refractivity contribution in [1.29, 1.82) is 0 Å². The van der Waals surface area contributed by atoms with Gasteiger partial charge in [-0.1, -0.05) is 0 Å². The second-order valence-corrected chi connectivity index (χ2v) is 3.78. The molecule has 0 aliphatic heterocycles. The molecule has 0 saturated heterocycles. The molecule has 21 heavy (non-hydrogen) atoms. The molecule has 0 aliphatic carbocycles. The predicted molar refractivity (Wildman–Crippen MR) is 71.6 cm³/mol. The standard InChI is InChI=1S/C7H12O4.C6H10O4/c1-3-10-6(8)5-7(9)11-4-2;7-5(8)3-1-2-4-6(9)10/h3-5H2,1-2H3;1-4H2,(H,7,8)(H,9,10). The molecule has 8 heteroatoms. The van der Waals surface area contributed by atoms with Gasteiger partial charge in [0.25, 0.3) is 0 Å². The topological polar surface area (TPSA) is 127 Å². The Labute approximate surface area is 123 Å². The van der Waals surface area contributed by atoms with Gasteiger partial charge in [0, 0.05) is 12.8 Å². The molecule has 8 nitrogen and oxygen atoms in total. The first-order chi connectivity index (χ1) is 9.83. The molecule has 0 amide bonds. The molecule has 0 unspecified atom stereocenters. The number of aliphatic carboxylic acids is 2. The van der Waals surface area contributed by atoms with Crippen molar-refractivity contribution >= 4 is 23.9 Å². The predicted octanol–water partition coefficient (Wildman–Crippen LogP) is 1.22. The molecule has 0 rings (SSSR count). The highest BCUT2D eigenvalue weighted by Gasteiger charge is 2.09. The van der Waals surface area contributed by atoms with E-state index in [4.69, 9.17) is 10.2 Å². The summed E-state index contributed by atoms with van der Waals surface area (Å²) in [4.78, 5) is 41.0. The van der Waals surface area contributed by atoms with E-state index in [0.717, 1.165) is 0 Å². The molecule has 0 saturated carbocycles. The first kappa shape index (κ1) is 21.2. The number of ether oxygens (including phenoxy) is 2. The van der Waals surface area contributed by atoms with E-state index in [0.29, 0.717) is 12.8 Å². The smallest absolute Gasteiger partial charge is 0.317 e. The summed E-state index contributed by atoms with van der Waals surface area (Å²) in [5.41, 5.74) is 0. The molecule has 0 spiro atoms. The second-order valence-electron chi connectivity index (χ2n) is 3.78. The Balaban J connectivity index is 0. The van der Waals surface area contributed by atoms with Gasteiger partial charge < -0.3 is 19.7 Å². The Bertz CT molecular complexity index is 305. The fourth-order valence-corrected chi connectivity index (χ4v) is 1.09. The largest absolute Gasteiger partial charge is 0.481 e. The summed E-state index contributed by atoms with van der Waals surface area (Å²) < 4.78 is 9.04. The maximum atomic E-state index is 10.6. The first-order valence-electron chi connectivity index (χ1n) is 6.58. The van der Waals surface area contributed by atoms with E-state index in [1.807, 2.05) is 0 Å². The van der Waals surface area contributed by atoms with Crippen molar-refractivity contribution in [3.05, 3.63) is 0 Å². The normalized spacial score (nSPS) is 9.05. The number of esters is 2. The zero-order valence-corrected chi connectivity index (χ0v) is 12.3. The number of unbranched alkanes of at least 4 members (excludes halogenated alkanes) is 1. The van der Waals surface area contributed by atoms with Crippen molar-refractivity contribution < 1.29 is 38.9 Å². The summed E-state index contributed by atoms with van der Waals surface area (Å²) in [6, 6.07) is 0. The third-order valence-corrected chi connectivity index (χ3v) is 1.93. The third-order valence-electron chi connectivity index (χ3n) is 1.93. The van der Waals surface area contributed by atoms with Crippen LogP contribution >= 0.6 is 0 Å². The molecule has 0 aromatic rings. The molecule has 0 radical (unpaired) electrons. The molecule has 0 atom stereocenters. The van der Waals surface area contributed by atoms with Crippen LogP contribution in [0.5, 0.6) is 0 Å². The monoisotopic (exact) mass is 306 g/mol. The van der Waals surface area contributed by atoms with Crippen LogP contribution in [0.15, 0.2) is 0 Å². The van der Waals surface area contributed by atoms with Crippen LogP contribution < -0.4 is 0 Å². The summed E-state index contributed by atoms with van der Waals surface area (Å²) in [6.07, 6.45) is 0.728. The maximum absolute atomic E-state index is 10.6. The fourth-order valence-electron chi connectivity index (χ4n) is 1.09. The van der Waals surface area contributed by atoms with Crippen molar-refractivity contribution in [2.24, 2.45) is 0 Å². The maximum Gasteiger partial charge on any atom is 0.317 e. The van der Waals surface area contributed by atoms with E-state index in [9.17, 15) is 19.2 Å². The van der Waals surface area contributed by atoms with E-state index in [1.165, 1.54) is 0 Å². The molecule has 0 aliphatic rings. The van der Waals surface area contributed by atoms with Crippen molar-refractivity contribution in [1.82, 2.24) is 0 Å². The minimum Gasteiger partial charge on any atom is -0.481 e. The molecule has 0 aromatic carbocycles. The van der Waals surface area contributed by atoms with Gasteiger partial charge in [-0.15, -0.1) is 0 Å². The number of carbonyl (C=O) groups is 4. The highest BCUT2D eigenvalue weighted by atomic mass is 16.6. The van der Waals surface area contributed by atoms with Crippen molar-refractivity contribution in [2.75, 3.05) is 13.2 Å². The minimum absolute atomic E-state index is 0.0628. The van der Waals surface area contributed by atoms with Gasteiger partial charge in [0.15, 0.2) is 0 Å². The van der Waals surface area contributed by atoms with Gasteiger partial charge in [0.05, 0.1) is 13.2 Å². The Morgan fingerprint density at radius 1 is 0.762 bits per heavy atom. The van der Waals surface area contributed by atoms with Gasteiger partial charge >= 0.3 is 23.9 Å².